The number of nitrogens with zero attached hydrogens (tertiary/aromatic N) is 1. The van der Waals surface area contributed by atoms with Crippen LogP contribution in [0.2, 0.25) is 0 Å². The second-order valence-electron chi connectivity index (χ2n) is 3.57. The summed E-state index contributed by atoms with van der Waals surface area (Å²) in [6.07, 6.45) is 0. The summed E-state index contributed by atoms with van der Waals surface area (Å²) in [6.45, 7) is 1.50. The van der Waals surface area contributed by atoms with Crippen LogP contribution in [0.4, 0.5) is 5.69 Å². The maximum absolute atomic E-state index is 11.4. The van der Waals surface area contributed by atoms with E-state index in [1.165, 1.54) is 6.92 Å². The van der Waals surface area contributed by atoms with Gasteiger partial charge in [0.05, 0.1) is 18.4 Å². The minimum Gasteiger partial charge on any atom is -0.494 e. The lowest BCUT2D eigenvalue weighted by molar-refractivity contribution is 0.101. The minimum atomic E-state index is -0.0535. The first-order chi connectivity index (χ1) is 6.97. The van der Waals surface area contributed by atoms with Crippen molar-refractivity contribution in [2.45, 2.75) is 6.92 Å². The lowest BCUT2D eigenvalue weighted by atomic mass is 9.91. The Kier molecular flexibility index (Phi) is 3.40. The molecule has 0 aliphatic heterocycles. The van der Waals surface area contributed by atoms with Crippen molar-refractivity contribution < 1.29 is 9.53 Å². The molecule has 78 valence electrons. The van der Waals surface area contributed by atoms with E-state index in [0.717, 1.165) is 5.69 Å². The molecule has 0 amide bonds. The molecule has 0 aromatic heterocycles. The van der Waals surface area contributed by atoms with Crippen molar-refractivity contribution in [3.63, 3.8) is 0 Å². The van der Waals surface area contributed by atoms with Crippen molar-refractivity contribution in [1.29, 1.82) is 0 Å². The van der Waals surface area contributed by atoms with E-state index in [2.05, 4.69) is 0 Å². The highest BCUT2D eigenvalue weighted by Crippen LogP contribution is 2.29. The fourth-order valence-corrected chi connectivity index (χ4v) is 1.44. The minimum absolute atomic E-state index is 0.0535. The zero-order chi connectivity index (χ0) is 11.6. The Labute approximate surface area is 91.4 Å². The maximum atomic E-state index is 11.4. The average Bonchev–Trinajstić information content (AvgIpc) is 2.16. The van der Waals surface area contributed by atoms with E-state index in [9.17, 15) is 4.79 Å². The Hall–Kier alpha value is -1.45. The molecule has 1 aromatic rings. The molecule has 0 fully saturated rings. The van der Waals surface area contributed by atoms with Crippen molar-refractivity contribution in [1.82, 2.24) is 0 Å². The highest BCUT2D eigenvalue weighted by molar-refractivity contribution is 6.33. The monoisotopic (exact) mass is 203 g/mol. The predicted octanol–water partition coefficient (Wildman–Crippen LogP) is 0.758. The summed E-state index contributed by atoms with van der Waals surface area (Å²) in [5.74, 6) is 0.518. The zero-order valence-electron chi connectivity index (χ0n) is 9.50. The molecule has 0 heterocycles. The number of ether oxygens (including phenoxy) is 1. The summed E-state index contributed by atoms with van der Waals surface area (Å²) in [5.41, 5.74) is 1.88. The molecule has 15 heavy (non-hydrogen) atoms. The number of ketones is 1. The molecule has 0 bridgehead atoms. The van der Waals surface area contributed by atoms with Crippen LogP contribution in [0.1, 0.15) is 17.3 Å². The van der Waals surface area contributed by atoms with E-state index < -0.39 is 0 Å². The highest BCUT2D eigenvalue weighted by Gasteiger charge is 2.14. The number of Topliss-reactive ketones (excluding diaryl/α,β-unsaturated/α-hetero) is 1. The van der Waals surface area contributed by atoms with Crippen LogP contribution in [0.5, 0.6) is 5.75 Å². The molecular weight excluding hydrogens is 189 g/mol. The van der Waals surface area contributed by atoms with Crippen LogP contribution in [-0.2, 0) is 0 Å². The van der Waals surface area contributed by atoms with Gasteiger partial charge in [-0.1, -0.05) is 11.5 Å². The normalized spacial score (nSPS) is 9.87. The molecule has 0 saturated heterocycles. The first-order valence-electron chi connectivity index (χ1n) is 4.63. The van der Waals surface area contributed by atoms with Crippen molar-refractivity contribution in [2.24, 2.45) is 0 Å². The fraction of sp³-hybridized carbons (Fsp3) is 0.364. The smallest absolute Gasteiger partial charge is 0.163 e. The van der Waals surface area contributed by atoms with Gasteiger partial charge in [0, 0.05) is 14.1 Å². The lowest BCUT2D eigenvalue weighted by Gasteiger charge is -2.19. The number of methoxy groups -OCH3 is 1. The van der Waals surface area contributed by atoms with Gasteiger partial charge >= 0.3 is 0 Å². The molecule has 0 unspecified atom stereocenters. The number of carbonyl (C=O) groups is 1. The largest absolute Gasteiger partial charge is 0.494 e. The average molecular weight is 203 g/mol. The maximum Gasteiger partial charge on any atom is 0.163 e. The second kappa shape index (κ2) is 4.38. The molecule has 0 saturated carbocycles. The Balaban J connectivity index is 3.45. The molecule has 4 heteroatoms. The topological polar surface area (TPSA) is 29.5 Å². The zero-order valence-corrected chi connectivity index (χ0v) is 9.50. The molecule has 0 aliphatic rings. The first-order valence-corrected chi connectivity index (χ1v) is 4.63. The highest BCUT2D eigenvalue weighted by atomic mass is 16.5. The number of hydrogen-bond acceptors (Lipinski definition) is 3. The molecule has 1 rings (SSSR count). The van der Waals surface area contributed by atoms with Crippen LogP contribution in [0, 0.1) is 0 Å². The van der Waals surface area contributed by atoms with Gasteiger partial charge in [0.25, 0.3) is 0 Å². The summed E-state index contributed by atoms with van der Waals surface area (Å²) in [5, 5.41) is 0. The van der Waals surface area contributed by atoms with Crippen LogP contribution in [0.3, 0.4) is 0 Å². The van der Waals surface area contributed by atoms with Gasteiger partial charge in [0.2, 0.25) is 0 Å². The third-order valence-corrected chi connectivity index (χ3v) is 2.16. The predicted molar refractivity (Wildman–Crippen MR) is 62.7 cm³/mol. The number of hydrogen-bond donors (Lipinski definition) is 0. The van der Waals surface area contributed by atoms with Crippen LogP contribution >= 0.6 is 0 Å². The number of carbonyl (C=O) groups excluding carboxylic acids is 1. The lowest BCUT2D eigenvalue weighted by Crippen LogP contribution is -2.16. The van der Waals surface area contributed by atoms with E-state index in [4.69, 9.17) is 12.6 Å². The second-order valence-corrected chi connectivity index (χ2v) is 3.57. The van der Waals surface area contributed by atoms with Crippen LogP contribution in [0.15, 0.2) is 12.1 Å². The third-order valence-electron chi connectivity index (χ3n) is 2.16. The van der Waals surface area contributed by atoms with Gasteiger partial charge in [-0.05, 0) is 13.0 Å². The van der Waals surface area contributed by atoms with Gasteiger partial charge in [-0.3, -0.25) is 4.79 Å². The van der Waals surface area contributed by atoms with Crippen LogP contribution in [-0.4, -0.2) is 34.8 Å². The third kappa shape index (κ3) is 2.32. The molecule has 2 radical (unpaired) electrons. The van der Waals surface area contributed by atoms with E-state index in [0.29, 0.717) is 16.8 Å². The molecule has 0 atom stereocenters. The van der Waals surface area contributed by atoms with Crippen molar-refractivity contribution in [2.75, 3.05) is 26.1 Å². The van der Waals surface area contributed by atoms with Crippen molar-refractivity contribution in [3.05, 3.63) is 17.7 Å². The van der Waals surface area contributed by atoms with E-state index in [1.807, 2.05) is 19.0 Å². The summed E-state index contributed by atoms with van der Waals surface area (Å²) in [6, 6.07) is 3.42. The molecule has 1 aromatic carbocycles. The number of rotatable bonds is 3. The van der Waals surface area contributed by atoms with Gasteiger partial charge in [-0.2, -0.15) is 0 Å². The molecular formula is C11H14BNO2. The van der Waals surface area contributed by atoms with Crippen LogP contribution in [0.25, 0.3) is 0 Å². The van der Waals surface area contributed by atoms with Gasteiger partial charge in [-0.15, -0.1) is 0 Å². The first kappa shape index (κ1) is 11.6. The summed E-state index contributed by atoms with van der Waals surface area (Å²) >= 11 is 0. The van der Waals surface area contributed by atoms with Crippen molar-refractivity contribution in [3.8, 4) is 5.75 Å². The van der Waals surface area contributed by atoms with Gasteiger partial charge in [0.1, 0.15) is 7.85 Å². The standard InChI is InChI=1S/C11H14BNO2/c1-7(14)9-5-8(12)6-10(13(2)3)11(9)15-4/h5-6H,1-4H3. The van der Waals surface area contributed by atoms with Gasteiger partial charge in [0.15, 0.2) is 11.5 Å². The molecule has 3 nitrogen and oxygen atoms in total. The fourth-order valence-electron chi connectivity index (χ4n) is 1.44. The van der Waals surface area contributed by atoms with Crippen molar-refractivity contribution >= 4 is 24.8 Å². The summed E-state index contributed by atoms with van der Waals surface area (Å²) < 4.78 is 5.24. The van der Waals surface area contributed by atoms with Crippen LogP contribution < -0.4 is 15.1 Å². The van der Waals surface area contributed by atoms with E-state index in [-0.39, 0.29) is 5.78 Å². The van der Waals surface area contributed by atoms with Gasteiger partial charge < -0.3 is 9.64 Å². The Morgan fingerprint density at radius 1 is 1.40 bits per heavy atom. The summed E-state index contributed by atoms with van der Waals surface area (Å²) in [4.78, 5) is 13.3. The summed E-state index contributed by atoms with van der Waals surface area (Å²) in [7, 11) is 11.0. The number of benzene rings is 1. The Morgan fingerprint density at radius 3 is 2.40 bits per heavy atom. The molecule has 0 N–H and O–H groups in total. The molecule has 0 spiro atoms. The van der Waals surface area contributed by atoms with E-state index in [1.54, 1.807) is 19.2 Å². The SMILES string of the molecule is [B]c1cc(C(C)=O)c(OC)c(N(C)C)c1. The number of anilines is 1. The molecule has 0 aliphatic carbocycles. The Morgan fingerprint density at radius 2 is 2.00 bits per heavy atom. The Bertz CT molecular complexity index is 388. The van der Waals surface area contributed by atoms with Gasteiger partial charge in [-0.25, -0.2) is 0 Å². The quantitative estimate of drug-likeness (QED) is 0.536. The van der Waals surface area contributed by atoms with E-state index >= 15 is 0 Å².